The molecule has 6 nitrogen and oxygen atoms in total. The highest BCUT2D eigenvalue weighted by Gasteiger charge is 2.18. The second kappa shape index (κ2) is 7.11. The summed E-state index contributed by atoms with van der Waals surface area (Å²) >= 11 is 15.6. The fourth-order valence-electron chi connectivity index (χ4n) is 2.68. The Balaban J connectivity index is 1.51. The van der Waals surface area contributed by atoms with Gasteiger partial charge in [0.15, 0.2) is 5.01 Å². The van der Waals surface area contributed by atoms with Crippen molar-refractivity contribution in [2.45, 2.75) is 0 Å². The quantitative estimate of drug-likeness (QED) is 0.280. The van der Waals surface area contributed by atoms with Crippen molar-refractivity contribution in [3.8, 4) is 27.6 Å². The Kier molecular flexibility index (Phi) is 4.58. The SMILES string of the molecule is Clc1ccc(-c2nc3sc(-c4cnn(-c5ccc(Cl)cc5)n4)nn3c2I)cc1. The first-order valence-electron chi connectivity index (χ1n) is 8.08. The Bertz CT molecular complexity index is 1290. The number of hydrogen-bond donors (Lipinski definition) is 0. The Hall–Kier alpha value is -2.01. The molecule has 0 radical (unpaired) electrons. The van der Waals surface area contributed by atoms with Crippen LogP contribution in [0.25, 0.3) is 32.6 Å². The molecule has 0 fully saturated rings. The van der Waals surface area contributed by atoms with Gasteiger partial charge < -0.3 is 0 Å². The zero-order valence-electron chi connectivity index (χ0n) is 13.9. The van der Waals surface area contributed by atoms with Crippen molar-refractivity contribution in [2.24, 2.45) is 0 Å². The van der Waals surface area contributed by atoms with Crippen LogP contribution >= 0.6 is 57.1 Å². The molecule has 10 heteroatoms. The van der Waals surface area contributed by atoms with Gasteiger partial charge in [0.05, 0.1) is 11.9 Å². The molecule has 0 saturated heterocycles. The summed E-state index contributed by atoms with van der Waals surface area (Å²) in [6.07, 6.45) is 1.69. The molecule has 3 aromatic heterocycles. The van der Waals surface area contributed by atoms with Gasteiger partial charge in [-0.3, -0.25) is 0 Å². The molecule has 0 aliphatic heterocycles. The lowest BCUT2D eigenvalue weighted by Crippen LogP contribution is -1.98. The van der Waals surface area contributed by atoms with Crippen molar-refractivity contribution in [3.63, 3.8) is 0 Å². The van der Waals surface area contributed by atoms with E-state index in [0.717, 1.165) is 30.6 Å². The maximum absolute atomic E-state index is 5.98. The number of halogens is 3. The van der Waals surface area contributed by atoms with E-state index in [2.05, 4.69) is 37.9 Å². The van der Waals surface area contributed by atoms with Gasteiger partial charge in [-0.2, -0.15) is 19.5 Å². The van der Waals surface area contributed by atoms with Gasteiger partial charge in [-0.05, 0) is 59.0 Å². The monoisotopic (exact) mass is 538 g/mol. The van der Waals surface area contributed by atoms with Crippen molar-refractivity contribution in [1.82, 2.24) is 29.6 Å². The van der Waals surface area contributed by atoms with Crippen LogP contribution in [-0.4, -0.2) is 29.6 Å². The van der Waals surface area contributed by atoms with Gasteiger partial charge >= 0.3 is 0 Å². The number of benzene rings is 2. The Morgan fingerprint density at radius 1 is 0.893 bits per heavy atom. The minimum absolute atomic E-state index is 0.670. The van der Waals surface area contributed by atoms with E-state index in [1.54, 1.807) is 23.1 Å². The van der Waals surface area contributed by atoms with E-state index in [0.29, 0.717) is 15.7 Å². The number of imidazole rings is 1. The molecular weight excluding hydrogens is 530 g/mol. The van der Waals surface area contributed by atoms with Gasteiger partial charge in [-0.15, -0.1) is 5.10 Å². The maximum atomic E-state index is 5.98. The molecule has 0 atom stereocenters. The molecule has 0 amide bonds. The lowest BCUT2D eigenvalue weighted by molar-refractivity contribution is 0.753. The topological polar surface area (TPSA) is 60.9 Å². The number of aromatic nitrogens is 6. The highest BCUT2D eigenvalue weighted by atomic mass is 127. The number of rotatable bonds is 3. The molecule has 0 bridgehead atoms. The summed E-state index contributed by atoms with van der Waals surface area (Å²) in [7, 11) is 0. The van der Waals surface area contributed by atoms with Crippen LogP contribution in [-0.2, 0) is 0 Å². The first kappa shape index (κ1) is 18.0. The Morgan fingerprint density at radius 3 is 2.25 bits per heavy atom. The normalized spacial score (nSPS) is 11.4. The van der Waals surface area contributed by atoms with Crippen LogP contribution < -0.4 is 0 Å². The fraction of sp³-hybridized carbons (Fsp3) is 0. The first-order valence-corrected chi connectivity index (χ1v) is 10.7. The Morgan fingerprint density at radius 2 is 1.57 bits per heavy atom. The summed E-state index contributed by atoms with van der Waals surface area (Å²) in [4.78, 5) is 7.08. The second-order valence-corrected chi connectivity index (χ2v) is 8.71. The summed E-state index contributed by atoms with van der Waals surface area (Å²) in [5.74, 6) is 0. The predicted molar refractivity (Wildman–Crippen MR) is 119 cm³/mol. The highest BCUT2D eigenvalue weighted by Crippen LogP contribution is 2.31. The molecule has 0 aliphatic carbocycles. The number of nitrogens with zero attached hydrogens (tertiary/aromatic N) is 6. The Labute approximate surface area is 186 Å². The van der Waals surface area contributed by atoms with E-state index in [9.17, 15) is 0 Å². The fourth-order valence-corrected chi connectivity index (χ4v) is 4.71. The third kappa shape index (κ3) is 3.20. The van der Waals surface area contributed by atoms with E-state index in [1.807, 2.05) is 40.9 Å². The lowest BCUT2D eigenvalue weighted by Gasteiger charge is -1.98. The maximum Gasteiger partial charge on any atom is 0.214 e. The third-order valence-electron chi connectivity index (χ3n) is 4.03. The van der Waals surface area contributed by atoms with E-state index in [-0.39, 0.29) is 0 Å². The van der Waals surface area contributed by atoms with E-state index < -0.39 is 0 Å². The third-order valence-corrected chi connectivity index (χ3v) is 6.44. The minimum atomic E-state index is 0.670. The average Bonchev–Trinajstić information content (AvgIpc) is 3.40. The van der Waals surface area contributed by atoms with E-state index >= 15 is 0 Å². The van der Waals surface area contributed by atoms with Crippen molar-refractivity contribution < 1.29 is 0 Å². The predicted octanol–water partition coefficient (Wildman–Crippen LogP) is 5.62. The lowest BCUT2D eigenvalue weighted by atomic mass is 10.2. The molecule has 0 unspecified atom stereocenters. The molecular formula is C18H9Cl2IN6S. The van der Waals surface area contributed by atoms with Crippen molar-refractivity contribution in [3.05, 3.63) is 68.5 Å². The number of hydrogen-bond acceptors (Lipinski definition) is 5. The number of fused-ring (bicyclic) bond motifs is 1. The molecule has 5 rings (SSSR count). The van der Waals surface area contributed by atoms with Gasteiger partial charge in [0.2, 0.25) is 4.96 Å². The van der Waals surface area contributed by atoms with Crippen molar-refractivity contribution in [2.75, 3.05) is 0 Å². The zero-order valence-corrected chi connectivity index (χ0v) is 18.4. The standard InChI is InChI=1S/C18H9Cl2IN6S/c19-11-3-1-10(2-4-11)15-16(21)26-18(23-15)28-17(25-26)14-9-22-27(24-14)13-7-5-12(20)6-8-13/h1-9H. The first-order chi connectivity index (χ1) is 13.6. The molecule has 0 spiro atoms. The molecule has 0 aliphatic rings. The van der Waals surface area contributed by atoms with Crippen LogP contribution in [0.4, 0.5) is 0 Å². The average molecular weight is 539 g/mol. The second-order valence-electron chi connectivity index (χ2n) is 5.86. The molecule has 0 saturated carbocycles. The molecule has 2 aromatic carbocycles. The summed E-state index contributed by atoms with van der Waals surface area (Å²) in [6, 6.07) is 15.0. The largest absolute Gasteiger partial charge is 0.216 e. The molecule has 3 heterocycles. The van der Waals surface area contributed by atoms with Crippen LogP contribution in [0.1, 0.15) is 0 Å². The molecule has 0 N–H and O–H groups in total. The van der Waals surface area contributed by atoms with Gasteiger partial charge in [0.25, 0.3) is 0 Å². The van der Waals surface area contributed by atoms with Crippen LogP contribution in [0.15, 0.2) is 54.7 Å². The summed E-state index contributed by atoms with van der Waals surface area (Å²) in [5.41, 5.74) is 3.40. The molecule has 138 valence electrons. The van der Waals surface area contributed by atoms with Crippen LogP contribution in [0.3, 0.4) is 0 Å². The van der Waals surface area contributed by atoms with Crippen LogP contribution in [0.2, 0.25) is 10.0 Å². The zero-order chi connectivity index (χ0) is 19.3. The van der Waals surface area contributed by atoms with Crippen LogP contribution in [0.5, 0.6) is 0 Å². The van der Waals surface area contributed by atoms with Gasteiger partial charge in [-0.1, -0.05) is 46.7 Å². The van der Waals surface area contributed by atoms with Gasteiger partial charge in [-0.25, -0.2) is 4.98 Å². The summed E-state index contributed by atoms with van der Waals surface area (Å²) < 4.78 is 2.76. The van der Waals surface area contributed by atoms with Gasteiger partial charge in [0.1, 0.15) is 15.1 Å². The van der Waals surface area contributed by atoms with Crippen molar-refractivity contribution >= 4 is 62.1 Å². The summed E-state index contributed by atoms with van der Waals surface area (Å²) in [5, 5.41) is 15.6. The van der Waals surface area contributed by atoms with Crippen molar-refractivity contribution in [1.29, 1.82) is 0 Å². The highest BCUT2D eigenvalue weighted by molar-refractivity contribution is 14.1. The van der Waals surface area contributed by atoms with E-state index in [1.165, 1.54) is 11.3 Å². The van der Waals surface area contributed by atoms with Gasteiger partial charge in [0, 0.05) is 15.6 Å². The summed E-state index contributed by atoms with van der Waals surface area (Å²) in [6.45, 7) is 0. The van der Waals surface area contributed by atoms with E-state index in [4.69, 9.17) is 28.2 Å². The molecule has 28 heavy (non-hydrogen) atoms. The minimum Gasteiger partial charge on any atom is -0.216 e. The smallest absolute Gasteiger partial charge is 0.214 e. The molecule has 5 aromatic rings. The van der Waals surface area contributed by atoms with Crippen LogP contribution in [0, 0.1) is 3.70 Å².